The molecule has 1 aromatic rings. The van der Waals surface area contributed by atoms with E-state index in [1.165, 1.54) is 11.0 Å². The Kier molecular flexibility index (Phi) is 3.51. The van der Waals surface area contributed by atoms with E-state index < -0.39 is 17.5 Å². The number of anilines is 1. The highest BCUT2D eigenvalue weighted by atomic mass is 19.1. The van der Waals surface area contributed by atoms with Crippen LogP contribution in [-0.2, 0) is 9.53 Å². The lowest BCUT2D eigenvalue weighted by molar-refractivity contribution is -0.115. The standard InChI is InChI=1S/C15H17FN2O3/c1-9-5-10(16)6-12-13(9)18(15(20)14(12)19)8-11-7-17(2)3-4-21-11/h5-6,11H,3-4,7-8H2,1-2H3. The fourth-order valence-electron chi connectivity index (χ4n) is 2.96. The second-order valence-corrected chi connectivity index (χ2v) is 5.62. The quantitative estimate of drug-likeness (QED) is 0.763. The number of aryl methyl sites for hydroxylation is 1. The van der Waals surface area contributed by atoms with Crippen LogP contribution in [0.3, 0.4) is 0 Å². The fraction of sp³-hybridized carbons (Fsp3) is 0.467. The molecule has 5 nitrogen and oxygen atoms in total. The molecule has 0 radical (unpaired) electrons. The fourth-order valence-corrected chi connectivity index (χ4v) is 2.96. The molecule has 3 rings (SSSR count). The summed E-state index contributed by atoms with van der Waals surface area (Å²) in [4.78, 5) is 27.7. The molecule has 2 aliphatic heterocycles. The number of halogens is 1. The topological polar surface area (TPSA) is 49.9 Å². The minimum Gasteiger partial charge on any atom is -0.374 e. The first-order valence-corrected chi connectivity index (χ1v) is 6.94. The first-order valence-electron chi connectivity index (χ1n) is 6.94. The van der Waals surface area contributed by atoms with Crippen molar-refractivity contribution in [3.05, 3.63) is 29.1 Å². The lowest BCUT2D eigenvalue weighted by Gasteiger charge is -2.32. The van der Waals surface area contributed by atoms with Crippen molar-refractivity contribution in [2.45, 2.75) is 13.0 Å². The molecule has 0 bridgehead atoms. The minimum absolute atomic E-state index is 0.143. The summed E-state index contributed by atoms with van der Waals surface area (Å²) < 4.78 is 19.1. The van der Waals surface area contributed by atoms with Gasteiger partial charge in [-0.05, 0) is 31.7 Å². The van der Waals surface area contributed by atoms with Crippen molar-refractivity contribution in [1.29, 1.82) is 0 Å². The predicted octanol–water partition coefficient (Wildman–Crippen LogP) is 0.994. The predicted molar refractivity (Wildman–Crippen MR) is 75.1 cm³/mol. The zero-order valence-corrected chi connectivity index (χ0v) is 12.1. The smallest absolute Gasteiger partial charge is 0.299 e. The number of Topliss-reactive ketones (excluding diaryl/α,β-unsaturated/α-hetero) is 1. The number of fused-ring (bicyclic) bond motifs is 1. The number of rotatable bonds is 2. The van der Waals surface area contributed by atoms with Crippen molar-refractivity contribution in [2.75, 3.05) is 38.2 Å². The van der Waals surface area contributed by atoms with Crippen LogP contribution in [0.1, 0.15) is 15.9 Å². The van der Waals surface area contributed by atoms with Gasteiger partial charge in [-0.1, -0.05) is 0 Å². The molecule has 1 amide bonds. The van der Waals surface area contributed by atoms with E-state index in [9.17, 15) is 14.0 Å². The molecule has 2 heterocycles. The number of benzene rings is 1. The van der Waals surface area contributed by atoms with Gasteiger partial charge in [-0.15, -0.1) is 0 Å². The summed E-state index contributed by atoms with van der Waals surface area (Å²) in [7, 11) is 1.99. The zero-order chi connectivity index (χ0) is 15.1. The van der Waals surface area contributed by atoms with Gasteiger partial charge in [0.15, 0.2) is 0 Å². The molecule has 0 N–H and O–H groups in total. The molecule has 6 heteroatoms. The summed E-state index contributed by atoms with van der Waals surface area (Å²) in [5.74, 6) is -1.74. The summed E-state index contributed by atoms with van der Waals surface area (Å²) in [6.45, 7) is 4.17. The molecule has 1 unspecified atom stereocenters. The Morgan fingerprint density at radius 2 is 2.14 bits per heavy atom. The number of ketones is 1. The van der Waals surface area contributed by atoms with Gasteiger partial charge in [0.1, 0.15) is 5.82 Å². The molecule has 1 atom stereocenters. The highest BCUT2D eigenvalue weighted by Crippen LogP contribution is 2.33. The van der Waals surface area contributed by atoms with Gasteiger partial charge in [0.25, 0.3) is 11.7 Å². The monoisotopic (exact) mass is 292 g/mol. The van der Waals surface area contributed by atoms with Crippen molar-refractivity contribution in [3.8, 4) is 0 Å². The highest BCUT2D eigenvalue weighted by molar-refractivity contribution is 6.52. The Hall–Kier alpha value is -1.79. The number of carbonyl (C=O) groups excluding carboxylic acids is 2. The Balaban J connectivity index is 1.90. The van der Waals surface area contributed by atoms with E-state index >= 15 is 0 Å². The number of hydrogen-bond donors (Lipinski definition) is 0. The van der Waals surface area contributed by atoms with Gasteiger partial charge < -0.3 is 14.5 Å². The number of carbonyl (C=O) groups is 2. The Morgan fingerprint density at radius 3 is 2.86 bits per heavy atom. The van der Waals surface area contributed by atoms with Gasteiger partial charge in [-0.25, -0.2) is 4.39 Å². The van der Waals surface area contributed by atoms with Crippen molar-refractivity contribution in [2.24, 2.45) is 0 Å². The van der Waals surface area contributed by atoms with Gasteiger partial charge in [-0.2, -0.15) is 0 Å². The third-order valence-corrected chi connectivity index (χ3v) is 3.95. The Bertz CT molecular complexity index is 617. The van der Waals surface area contributed by atoms with E-state index in [2.05, 4.69) is 4.90 Å². The summed E-state index contributed by atoms with van der Waals surface area (Å²) >= 11 is 0. The molecule has 1 saturated heterocycles. The van der Waals surface area contributed by atoms with E-state index in [1.807, 2.05) is 7.05 Å². The molecular formula is C15H17FN2O3. The van der Waals surface area contributed by atoms with Crippen molar-refractivity contribution >= 4 is 17.4 Å². The van der Waals surface area contributed by atoms with Gasteiger partial charge in [-0.3, -0.25) is 9.59 Å². The van der Waals surface area contributed by atoms with Crippen LogP contribution >= 0.6 is 0 Å². The van der Waals surface area contributed by atoms with E-state index in [0.29, 0.717) is 30.9 Å². The average molecular weight is 292 g/mol. The second kappa shape index (κ2) is 5.20. The Morgan fingerprint density at radius 1 is 1.38 bits per heavy atom. The van der Waals surface area contributed by atoms with Gasteiger partial charge >= 0.3 is 0 Å². The summed E-state index contributed by atoms with van der Waals surface area (Å²) in [5, 5.41) is 0. The van der Waals surface area contributed by atoms with Gasteiger partial charge in [0.05, 0.1) is 30.5 Å². The number of ether oxygens (including phenoxy) is 1. The number of nitrogens with zero attached hydrogens (tertiary/aromatic N) is 2. The summed E-state index contributed by atoms with van der Waals surface area (Å²) in [6.07, 6.45) is -0.143. The number of amides is 1. The van der Waals surface area contributed by atoms with Crippen molar-refractivity contribution in [1.82, 2.24) is 4.90 Å². The largest absolute Gasteiger partial charge is 0.374 e. The minimum atomic E-state index is -0.642. The van der Waals surface area contributed by atoms with E-state index in [1.54, 1.807) is 6.92 Å². The van der Waals surface area contributed by atoms with Crippen molar-refractivity contribution < 1.29 is 18.7 Å². The van der Waals surface area contributed by atoms with Crippen LogP contribution in [-0.4, -0.2) is 56.0 Å². The molecule has 0 aromatic heterocycles. The van der Waals surface area contributed by atoms with E-state index in [-0.39, 0.29) is 11.7 Å². The average Bonchev–Trinajstić information content (AvgIpc) is 2.64. The lowest BCUT2D eigenvalue weighted by Crippen LogP contribution is -2.47. The third-order valence-electron chi connectivity index (χ3n) is 3.95. The zero-order valence-electron chi connectivity index (χ0n) is 12.1. The van der Waals surface area contributed by atoms with Crippen LogP contribution in [0.25, 0.3) is 0 Å². The third kappa shape index (κ3) is 2.45. The van der Waals surface area contributed by atoms with Crippen LogP contribution in [0.4, 0.5) is 10.1 Å². The van der Waals surface area contributed by atoms with Crippen LogP contribution in [0, 0.1) is 12.7 Å². The maximum Gasteiger partial charge on any atom is 0.299 e. The molecule has 2 aliphatic rings. The highest BCUT2D eigenvalue weighted by Gasteiger charge is 2.39. The maximum absolute atomic E-state index is 13.4. The molecule has 0 saturated carbocycles. The molecular weight excluding hydrogens is 275 g/mol. The molecule has 1 aromatic carbocycles. The van der Waals surface area contributed by atoms with Crippen LogP contribution in [0.2, 0.25) is 0 Å². The summed E-state index contributed by atoms with van der Waals surface area (Å²) in [5.41, 5.74) is 1.26. The number of likely N-dealkylation sites (N-methyl/N-ethyl adjacent to an activating group) is 1. The second-order valence-electron chi connectivity index (χ2n) is 5.62. The summed E-state index contributed by atoms with van der Waals surface area (Å²) in [6, 6.07) is 2.47. The maximum atomic E-state index is 13.4. The van der Waals surface area contributed by atoms with Crippen molar-refractivity contribution in [3.63, 3.8) is 0 Å². The molecule has 1 fully saturated rings. The van der Waals surface area contributed by atoms with Gasteiger partial charge in [0, 0.05) is 13.1 Å². The molecule has 0 spiro atoms. The molecule has 21 heavy (non-hydrogen) atoms. The van der Waals surface area contributed by atoms with E-state index in [0.717, 1.165) is 12.6 Å². The normalized spacial score (nSPS) is 22.8. The van der Waals surface area contributed by atoms with E-state index in [4.69, 9.17) is 4.74 Å². The van der Waals surface area contributed by atoms with Gasteiger partial charge in [0.2, 0.25) is 0 Å². The van der Waals surface area contributed by atoms with Crippen LogP contribution < -0.4 is 4.90 Å². The number of hydrogen-bond acceptors (Lipinski definition) is 4. The molecule has 112 valence electrons. The van der Waals surface area contributed by atoms with Crippen LogP contribution in [0.5, 0.6) is 0 Å². The Labute approximate surface area is 122 Å². The lowest BCUT2D eigenvalue weighted by atomic mass is 10.1. The first kappa shape index (κ1) is 14.2. The number of morpholine rings is 1. The first-order chi connectivity index (χ1) is 9.97. The molecule has 0 aliphatic carbocycles. The SMILES string of the molecule is Cc1cc(F)cc2c1N(CC1CN(C)CCO1)C(=O)C2=O. The van der Waals surface area contributed by atoms with Crippen LogP contribution in [0.15, 0.2) is 12.1 Å².